The molecule has 0 aliphatic rings. The number of hydrogen-bond acceptors (Lipinski definition) is 15. The Kier molecular flexibility index (Phi) is 30.1. The second-order valence-corrected chi connectivity index (χ2v) is 9.27. The first kappa shape index (κ1) is 42.0. The van der Waals surface area contributed by atoms with Crippen LogP contribution in [0.1, 0.15) is 0 Å². The minimum Gasteiger partial charge on any atom is -0.393 e. The Labute approximate surface area is 270 Å². The highest BCUT2D eigenvalue weighted by Crippen LogP contribution is 1.90. The van der Waals surface area contributed by atoms with E-state index in [1.54, 1.807) is 7.11 Å². The lowest BCUT2D eigenvalue weighted by Crippen LogP contribution is -2.32. The largest absolute Gasteiger partial charge is 0.393 e. The quantitative estimate of drug-likeness (QED) is 0.0822. The Hall–Kier alpha value is -2.00. The van der Waals surface area contributed by atoms with Gasteiger partial charge in [-0.3, -0.25) is 14.3 Å². The van der Waals surface area contributed by atoms with E-state index >= 15 is 0 Å². The average Bonchev–Trinajstić information content (AvgIpc) is 3.05. The standard InChI is InChI=1S/C29H55N3O14/c1-35-4-5-37-8-9-39-12-13-41-16-17-43-20-21-45-24-25-46-23-22-44-19-18-42-15-14-40-11-10-38-7-6-36-3-2-32-26-27(30)28(33)31-29(32)34/h26H,2-25,30H2,1H3,(H,31,33,34). The lowest BCUT2D eigenvalue weighted by molar-refractivity contribution is -0.0280. The number of rotatable bonds is 36. The normalized spacial score (nSPS) is 11.5. The van der Waals surface area contributed by atoms with Crippen molar-refractivity contribution in [1.29, 1.82) is 0 Å². The number of nitrogen functional groups attached to an aromatic ring is 1. The topological polar surface area (TPSA) is 192 Å². The minimum atomic E-state index is -0.595. The number of H-pyrrole nitrogens is 1. The Morgan fingerprint density at radius 2 is 0.739 bits per heavy atom. The van der Waals surface area contributed by atoms with Crippen LogP contribution in [0.4, 0.5) is 5.69 Å². The molecule has 0 aliphatic carbocycles. The van der Waals surface area contributed by atoms with E-state index in [0.717, 1.165) is 0 Å². The molecule has 0 radical (unpaired) electrons. The van der Waals surface area contributed by atoms with Crippen molar-refractivity contribution < 1.29 is 56.8 Å². The number of nitrogens with two attached hydrogens (primary N) is 1. The molecule has 3 N–H and O–H groups in total. The molecule has 0 saturated heterocycles. The molecule has 1 aromatic heterocycles. The van der Waals surface area contributed by atoms with Crippen LogP contribution >= 0.6 is 0 Å². The number of aromatic amines is 1. The number of ether oxygens (including phenoxy) is 12. The summed E-state index contributed by atoms with van der Waals surface area (Å²) in [4.78, 5) is 25.0. The summed E-state index contributed by atoms with van der Waals surface area (Å²) in [5.41, 5.74) is 4.36. The second kappa shape index (κ2) is 32.9. The van der Waals surface area contributed by atoms with Crippen molar-refractivity contribution in [3.05, 3.63) is 27.0 Å². The molecule has 1 heterocycles. The Bertz CT molecular complexity index is 905. The molecule has 1 aromatic rings. The predicted octanol–water partition coefficient (Wildman–Crippen LogP) is -1.05. The van der Waals surface area contributed by atoms with Gasteiger partial charge in [0.05, 0.1) is 159 Å². The fourth-order valence-corrected chi connectivity index (χ4v) is 3.30. The minimum absolute atomic E-state index is 0.0195. The number of nitrogens with one attached hydrogen (secondary N) is 1. The number of aromatic nitrogens is 2. The summed E-state index contributed by atoms with van der Waals surface area (Å²) in [7, 11) is 1.64. The summed E-state index contributed by atoms with van der Waals surface area (Å²) >= 11 is 0. The third kappa shape index (κ3) is 27.1. The zero-order chi connectivity index (χ0) is 33.2. The Balaban J connectivity index is 1.66. The first-order valence-corrected chi connectivity index (χ1v) is 15.6. The van der Waals surface area contributed by atoms with Gasteiger partial charge in [-0.05, 0) is 0 Å². The van der Waals surface area contributed by atoms with Gasteiger partial charge >= 0.3 is 5.69 Å². The molecular weight excluding hydrogens is 614 g/mol. The van der Waals surface area contributed by atoms with Crippen molar-refractivity contribution in [1.82, 2.24) is 9.55 Å². The molecule has 0 amide bonds. The van der Waals surface area contributed by atoms with Crippen LogP contribution in [0, 0.1) is 0 Å². The summed E-state index contributed by atoms with van der Waals surface area (Å²) in [6, 6.07) is 0. The molecule has 0 unspecified atom stereocenters. The molecule has 0 aromatic carbocycles. The van der Waals surface area contributed by atoms with Crippen LogP contribution in [0.3, 0.4) is 0 Å². The van der Waals surface area contributed by atoms with E-state index in [-0.39, 0.29) is 18.8 Å². The van der Waals surface area contributed by atoms with Crippen molar-refractivity contribution in [2.24, 2.45) is 0 Å². The molecule has 46 heavy (non-hydrogen) atoms. The average molecular weight is 670 g/mol. The van der Waals surface area contributed by atoms with Gasteiger partial charge in [0, 0.05) is 13.3 Å². The van der Waals surface area contributed by atoms with Gasteiger partial charge in [-0.1, -0.05) is 0 Å². The molecule has 270 valence electrons. The first-order chi connectivity index (χ1) is 22.6. The highest BCUT2D eigenvalue weighted by Gasteiger charge is 2.01. The molecule has 0 bridgehead atoms. The fourth-order valence-electron chi connectivity index (χ4n) is 3.30. The van der Waals surface area contributed by atoms with Crippen LogP contribution in [-0.2, 0) is 63.4 Å². The van der Waals surface area contributed by atoms with E-state index in [1.165, 1.54) is 10.8 Å². The monoisotopic (exact) mass is 669 g/mol. The molecule has 0 fully saturated rings. The molecule has 17 heteroatoms. The smallest absolute Gasteiger partial charge is 0.328 e. The zero-order valence-electron chi connectivity index (χ0n) is 27.3. The molecule has 1 rings (SSSR count). The zero-order valence-corrected chi connectivity index (χ0v) is 27.3. The highest BCUT2D eigenvalue weighted by atomic mass is 16.6. The predicted molar refractivity (Wildman–Crippen MR) is 167 cm³/mol. The molecule has 0 atom stereocenters. The van der Waals surface area contributed by atoms with Gasteiger partial charge in [0.2, 0.25) is 0 Å². The summed E-state index contributed by atoms with van der Waals surface area (Å²) in [5, 5.41) is 0. The van der Waals surface area contributed by atoms with Crippen LogP contribution in [-0.4, -0.2) is 169 Å². The summed E-state index contributed by atoms with van der Waals surface area (Å²) < 4.78 is 65.8. The fraction of sp³-hybridized carbons (Fsp3) is 0.862. The summed E-state index contributed by atoms with van der Waals surface area (Å²) in [6.45, 7) is 11.4. The van der Waals surface area contributed by atoms with Gasteiger partial charge in [0.1, 0.15) is 5.69 Å². The van der Waals surface area contributed by atoms with Crippen LogP contribution in [0.25, 0.3) is 0 Å². The Morgan fingerprint density at radius 1 is 0.478 bits per heavy atom. The number of anilines is 1. The van der Waals surface area contributed by atoms with Gasteiger partial charge in [-0.15, -0.1) is 0 Å². The van der Waals surface area contributed by atoms with Gasteiger partial charge in [-0.25, -0.2) is 4.79 Å². The first-order valence-electron chi connectivity index (χ1n) is 15.6. The third-order valence-corrected chi connectivity index (χ3v) is 5.67. The SMILES string of the molecule is COCCOCCOCCOCCOCCOCCOCCOCCOCCOCCOCCOCCn1cc(N)c(=O)[nH]c1=O. The van der Waals surface area contributed by atoms with E-state index in [2.05, 4.69) is 4.98 Å². The van der Waals surface area contributed by atoms with Crippen molar-refractivity contribution in [3.8, 4) is 0 Å². The van der Waals surface area contributed by atoms with E-state index in [1.807, 2.05) is 0 Å². The molecule has 0 saturated carbocycles. The van der Waals surface area contributed by atoms with Crippen molar-refractivity contribution in [2.75, 3.05) is 165 Å². The van der Waals surface area contributed by atoms with Gasteiger partial charge in [-0.2, -0.15) is 0 Å². The maximum atomic E-state index is 11.6. The van der Waals surface area contributed by atoms with Gasteiger partial charge < -0.3 is 62.6 Å². The lowest BCUT2D eigenvalue weighted by atomic mass is 10.5. The van der Waals surface area contributed by atoms with Gasteiger partial charge in [0.25, 0.3) is 5.56 Å². The van der Waals surface area contributed by atoms with E-state index < -0.39 is 11.2 Å². The molecule has 0 aliphatic heterocycles. The summed E-state index contributed by atoms with van der Waals surface area (Å²) in [6.07, 6.45) is 1.30. The third-order valence-electron chi connectivity index (χ3n) is 5.67. The van der Waals surface area contributed by atoms with Crippen molar-refractivity contribution >= 4 is 5.69 Å². The van der Waals surface area contributed by atoms with E-state index in [0.29, 0.717) is 145 Å². The summed E-state index contributed by atoms with van der Waals surface area (Å²) in [5.74, 6) is 0. The molecule has 17 nitrogen and oxygen atoms in total. The van der Waals surface area contributed by atoms with Crippen LogP contribution in [0.2, 0.25) is 0 Å². The number of hydrogen-bond donors (Lipinski definition) is 2. The maximum absolute atomic E-state index is 11.6. The van der Waals surface area contributed by atoms with Crippen molar-refractivity contribution in [2.45, 2.75) is 6.54 Å². The highest BCUT2D eigenvalue weighted by molar-refractivity contribution is 5.30. The van der Waals surface area contributed by atoms with Gasteiger partial charge in [0.15, 0.2) is 0 Å². The van der Waals surface area contributed by atoms with Crippen LogP contribution < -0.4 is 17.0 Å². The number of methoxy groups -OCH3 is 1. The van der Waals surface area contributed by atoms with Crippen molar-refractivity contribution in [3.63, 3.8) is 0 Å². The maximum Gasteiger partial charge on any atom is 0.328 e. The van der Waals surface area contributed by atoms with E-state index in [4.69, 9.17) is 62.6 Å². The molecule has 0 spiro atoms. The lowest BCUT2D eigenvalue weighted by Gasteiger charge is -2.09. The molecular formula is C29H55N3O14. The number of nitrogens with zero attached hydrogens (tertiary/aromatic N) is 1. The van der Waals surface area contributed by atoms with E-state index in [9.17, 15) is 9.59 Å². The van der Waals surface area contributed by atoms with Crippen LogP contribution in [0.5, 0.6) is 0 Å². The second-order valence-electron chi connectivity index (χ2n) is 9.27. The Morgan fingerprint density at radius 3 is 1.02 bits per heavy atom. The van der Waals surface area contributed by atoms with Crippen LogP contribution in [0.15, 0.2) is 15.8 Å².